The summed E-state index contributed by atoms with van der Waals surface area (Å²) in [6, 6.07) is 7.03. The number of ether oxygens (including phenoxy) is 1. The molecule has 1 aliphatic rings. The van der Waals surface area contributed by atoms with Crippen molar-refractivity contribution >= 4 is 16.9 Å². The van der Waals surface area contributed by atoms with E-state index in [1.165, 1.54) is 4.68 Å². The van der Waals surface area contributed by atoms with E-state index in [1.807, 2.05) is 0 Å². The summed E-state index contributed by atoms with van der Waals surface area (Å²) in [7, 11) is 0. The Kier molecular flexibility index (Phi) is 5.03. The van der Waals surface area contributed by atoms with Gasteiger partial charge in [0.05, 0.1) is 25.0 Å². The van der Waals surface area contributed by atoms with Crippen LogP contribution in [0, 0.1) is 11.8 Å². The number of carbonyl (C=O) groups excluding carboxylic acids is 1. The number of carbonyl (C=O) groups is 1. The Morgan fingerprint density at radius 2 is 2.08 bits per heavy atom. The van der Waals surface area contributed by atoms with E-state index in [0.29, 0.717) is 29.3 Å². The van der Waals surface area contributed by atoms with E-state index < -0.39 is 0 Å². The molecule has 2 aromatic rings. The summed E-state index contributed by atoms with van der Waals surface area (Å²) in [5, 5.41) is 8.38. The largest absolute Gasteiger partial charge is 0.465 e. The Hall–Kier alpha value is -2.50. The fourth-order valence-electron chi connectivity index (χ4n) is 2.88. The molecule has 0 aliphatic heterocycles. The summed E-state index contributed by atoms with van der Waals surface area (Å²) < 4.78 is 6.58. The molecule has 6 heteroatoms. The molecule has 0 saturated carbocycles. The molecule has 3 rings (SSSR count). The molecule has 0 radical (unpaired) electrons. The van der Waals surface area contributed by atoms with E-state index in [1.54, 1.807) is 24.3 Å². The van der Waals surface area contributed by atoms with Crippen LogP contribution in [0.2, 0.25) is 0 Å². The lowest BCUT2D eigenvalue weighted by molar-refractivity contribution is -0.145. The van der Waals surface area contributed by atoms with Gasteiger partial charge in [-0.2, -0.15) is 0 Å². The van der Waals surface area contributed by atoms with Crippen LogP contribution in [0.1, 0.15) is 26.2 Å². The first-order chi connectivity index (χ1) is 11.6. The lowest BCUT2D eigenvalue weighted by Crippen LogP contribution is -2.26. The zero-order valence-corrected chi connectivity index (χ0v) is 13.7. The van der Waals surface area contributed by atoms with Gasteiger partial charge in [0.25, 0.3) is 5.56 Å². The molecule has 0 amide bonds. The van der Waals surface area contributed by atoms with Crippen molar-refractivity contribution in [1.82, 2.24) is 15.0 Å². The third kappa shape index (κ3) is 3.69. The topological polar surface area (TPSA) is 74.1 Å². The van der Waals surface area contributed by atoms with Crippen molar-refractivity contribution in [3.63, 3.8) is 0 Å². The molecule has 1 heterocycles. The maximum absolute atomic E-state index is 12.3. The molecular formula is C18H21N3O3. The molecule has 0 fully saturated rings. The van der Waals surface area contributed by atoms with Gasteiger partial charge >= 0.3 is 5.97 Å². The Morgan fingerprint density at radius 3 is 2.92 bits per heavy atom. The van der Waals surface area contributed by atoms with Crippen LogP contribution in [0.4, 0.5) is 0 Å². The van der Waals surface area contributed by atoms with Crippen LogP contribution in [0.15, 0.2) is 41.2 Å². The molecule has 2 unspecified atom stereocenters. The third-order valence-corrected chi connectivity index (χ3v) is 4.53. The van der Waals surface area contributed by atoms with Crippen LogP contribution in [-0.2, 0) is 16.1 Å². The monoisotopic (exact) mass is 327 g/mol. The maximum atomic E-state index is 12.3. The predicted octanol–water partition coefficient (Wildman–Crippen LogP) is 2.33. The number of fused-ring (bicyclic) bond motifs is 1. The Bertz CT molecular complexity index is 813. The highest BCUT2D eigenvalue weighted by Crippen LogP contribution is 2.25. The van der Waals surface area contributed by atoms with Crippen LogP contribution >= 0.6 is 0 Å². The van der Waals surface area contributed by atoms with Crippen LogP contribution in [0.25, 0.3) is 10.9 Å². The second kappa shape index (κ2) is 7.38. The third-order valence-electron chi connectivity index (χ3n) is 4.53. The second-order valence-electron chi connectivity index (χ2n) is 6.25. The van der Waals surface area contributed by atoms with Crippen LogP contribution in [0.5, 0.6) is 0 Å². The van der Waals surface area contributed by atoms with E-state index in [2.05, 4.69) is 29.4 Å². The first-order valence-electron chi connectivity index (χ1n) is 8.28. The summed E-state index contributed by atoms with van der Waals surface area (Å²) >= 11 is 0. The Labute approximate surface area is 140 Å². The lowest BCUT2D eigenvalue weighted by atomic mass is 9.85. The summed E-state index contributed by atoms with van der Waals surface area (Å²) in [6.45, 7) is 2.78. The zero-order chi connectivity index (χ0) is 16.9. The van der Waals surface area contributed by atoms with E-state index >= 15 is 0 Å². The van der Waals surface area contributed by atoms with Crippen LogP contribution in [0.3, 0.4) is 0 Å². The van der Waals surface area contributed by atoms with Crippen molar-refractivity contribution in [2.24, 2.45) is 11.8 Å². The fourth-order valence-corrected chi connectivity index (χ4v) is 2.88. The van der Waals surface area contributed by atoms with Crippen molar-refractivity contribution in [2.45, 2.75) is 32.7 Å². The SMILES string of the molecule is CC1CC=CCC1COC(=O)CCn1nnc2ccccc2c1=O. The van der Waals surface area contributed by atoms with E-state index in [4.69, 9.17) is 4.74 Å². The van der Waals surface area contributed by atoms with Gasteiger partial charge in [-0.05, 0) is 36.8 Å². The standard InChI is InChI=1S/C18H21N3O3/c1-13-6-2-3-7-14(13)12-24-17(22)10-11-21-18(23)15-8-4-5-9-16(15)19-20-21/h2-5,8-9,13-14H,6-7,10-12H2,1H3. The van der Waals surface area contributed by atoms with Gasteiger partial charge in [0, 0.05) is 0 Å². The van der Waals surface area contributed by atoms with Crippen LogP contribution in [-0.4, -0.2) is 27.6 Å². The molecule has 0 spiro atoms. The minimum absolute atomic E-state index is 0.115. The molecule has 6 nitrogen and oxygen atoms in total. The minimum Gasteiger partial charge on any atom is -0.465 e. The normalized spacial score (nSPS) is 20.2. The van der Waals surface area contributed by atoms with E-state index in [0.717, 1.165) is 12.8 Å². The Morgan fingerprint density at radius 1 is 1.29 bits per heavy atom. The number of hydrogen-bond donors (Lipinski definition) is 0. The number of nitrogens with zero attached hydrogens (tertiary/aromatic N) is 3. The zero-order valence-electron chi connectivity index (χ0n) is 13.7. The molecule has 1 aliphatic carbocycles. The van der Waals surface area contributed by atoms with Crippen molar-refractivity contribution in [3.05, 3.63) is 46.8 Å². The van der Waals surface area contributed by atoms with Crippen LogP contribution < -0.4 is 5.56 Å². The second-order valence-corrected chi connectivity index (χ2v) is 6.25. The number of aryl methyl sites for hydroxylation is 1. The van der Waals surface area contributed by atoms with Gasteiger partial charge in [0.1, 0.15) is 5.52 Å². The molecule has 1 aromatic heterocycles. The average Bonchev–Trinajstić information content (AvgIpc) is 2.61. The van der Waals surface area contributed by atoms with Crippen molar-refractivity contribution in [1.29, 1.82) is 0 Å². The first kappa shape index (κ1) is 16.4. The summed E-state index contributed by atoms with van der Waals surface area (Å²) in [4.78, 5) is 24.2. The molecule has 2 atom stereocenters. The minimum atomic E-state index is -0.307. The molecular weight excluding hydrogens is 306 g/mol. The molecule has 126 valence electrons. The number of aromatic nitrogens is 3. The van der Waals surface area contributed by atoms with Crippen molar-refractivity contribution < 1.29 is 9.53 Å². The van der Waals surface area contributed by atoms with Gasteiger partial charge in [0.15, 0.2) is 0 Å². The van der Waals surface area contributed by atoms with Crippen molar-refractivity contribution in [2.75, 3.05) is 6.61 Å². The number of benzene rings is 1. The highest BCUT2D eigenvalue weighted by atomic mass is 16.5. The molecule has 1 aromatic carbocycles. The summed E-state index contributed by atoms with van der Waals surface area (Å²) in [5.74, 6) is 0.595. The van der Waals surface area contributed by atoms with Gasteiger partial charge < -0.3 is 4.74 Å². The van der Waals surface area contributed by atoms with Gasteiger partial charge in [-0.1, -0.05) is 36.4 Å². The number of esters is 1. The van der Waals surface area contributed by atoms with Gasteiger partial charge in [-0.15, -0.1) is 5.10 Å². The predicted molar refractivity (Wildman–Crippen MR) is 90.4 cm³/mol. The quantitative estimate of drug-likeness (QED) is 0.622. The highest BCUT2D eigenvalue weighted by Gasteiger charge is 2.20. The van der Waals surface area contributed by atoms with Gasteiger partial charge in [0.2, 0.25) is 0 Å². The summed E-state index contributed by atoms with van der Waals surface area (Å²) in [5.41, 5.74) is 0.320. The van der Waals surface area contributed by atoms with Crippen molar-refractivity contribution in [3.8, 4) is 0 Å². The average molecular weight is 327 g/mol. The maximum Gasteiger partial charge on any atom is 0.307 e. The lowest BCUT2D eigenvalue weighted by Gasteiger charge is -2.24. The first-order valence-corrected chi connectivity index (χ1v) is 8.28. The molecule has 0 N–H and O–H groups in total. The molecule has 0 bridgehead atoms. The van der Waals surface area contributed by atoms with Gasteiger partial charge in [-0.3, -0.25) is 9.59 Å². The summed E-state index contributed by atoms with van der Waals surface area (Å²) in [6.07, 6.45) is 6.41. The number of allylic oxidation sites excluding steroid dienone is 2. The van der Waals surface area contributed by atoms with E-state index in [9.17, 15) is 9.59 Å². The fraction of sp³-hybridized carbons (Fsp3) is 0.444. The smallest absolute Gasteiger partial charge is 0.307 e. The molecule has 24 heavy (non-hydrogen) atoms. The molecule has 0 saturated heterocycles. The van der Waals surface area contributed by atoms with Gasteiger partial charge in [-0.25, -0.2) is 4.68 Å². The highest BCUT2D eigenvalue weighted by molar-refractivity contribution is 5.76. The number of hydrogen-bond acceptors (Lipinski definition) is 5. The Balaban J connectivity index is 1.56. The number of rotatable bonds is 5. The van der Waals surface area contributed by atoms with E-state index in [-0.39, 0.29) is 24.5 Å².